The summed E-state index contributed by atoms with van der Waals surface area (Å²) in [5.41, 5.74) is 2.85. The fraction of sp³-hybridized carbons (Fsp3) is 0.368. The zero-order valence-electron chi connectivity index (χ0n) is 13.7. The van der Waals surface area contributed by atoms with Crippen LogP contribution in [0.3, 0.4) is 0 Å². The first-order valence-corrected chi connectivity index (χ1v) is 8.30. The van der Waals surface area contributed by atoms with Crippen molar-refractivity contribution in [1.82, 2.24) is 14.9 Å². The van der Waals surface area contributed by atoms with Gasteiger partial charge in [0.05, 0.1) is 11.9 Å². The second-order valence-electron chi connectivity index (χ2n) is 6.78. The van der Waals surface area contributed by atoms with Crippen molar-refractivity contribution in [2.75, 3.05) is 13.1 Å². The van der Waals surface area contributed by atoms with Crippen LogP contribution in [0.15, 0.2) is 36.7 Å². The number of benzene rings is 1. The van der Waals surface area contributed by atoms with E-state index in [4.69, 9.17) is 0 Å². The zero-order chi connectivity index (χ0) is 16.7. The van der Waals surface area contributed by atoms with Gasteiger partial charge in [-0.1, -0.05) is 24.3 Å². The Labute approximate surface area is 140 Å². The van der Waals surface area contributed by atoms with Crippen LogP contribution in [0.5, 0.6) is 0 Å². The highest BCUT2D eigenvalue weighted by Gasteiger charge is 2.47. The van der Waals surface area contributed by atoms with E-state index < -0.39 is 0 Å². The number of likely N-dealkylation sites (tertiary alicyclic amines) is 1. The standard InChI is InChI=1S/C19H19N3O2/c1-13-11-21-16(12-20-13)18(24)22-8-6-19(7-9-22)10-14-4-2-3-5-15(14)17(19)23/h2-5,11-12H,6-10H2,1H3. The summed E-state index contributed by atoms with van der Waals surface area (Å²) in [6, 6.07) is 7.87. The van der Waals surface area contributed by atoms with Crippen LogP contribution >= 0.6 is 0 Å². The average Bonchev–Trinajstić information content (AvgIpc) is 2.88. The molecule has 1 aliphatic carbocycles. The highest BCUT2D eigenvalue weighted by atomic mass is 16.2. The minimum atomic E-state index is -0.320. The van der Waals surface area contributed by atoms with Gasteiger partial charge in [0.2, 0.25) is 0 Å². The minimum Gasteiger partial charge on any atom is -0.337 e. The molecule has 24 heavy (non-hydrogen) atoms. The molecule has 1 aromatic heterocycles. The number of nitrogens with zero attached hydrogens (tertiary/aromatic N) is 3. The first kappa shape index (κ1) is 15.0. The molecule has 0 radical (unpaired) electrons. The van der Waals surface area contributed by atoms with Gasteiger partial charge in [0.25, 0.3) is 5.91 Å². The van der Waals surface area contributed by atoms with Gasteiger partial charge < -0.3 is 4.90 Å². The first-order valence-electron chi connectivity index (χ1n) is 8.30. The van der Waals surface area contributed by atoms with Crippen LogP contribution in [0, 0.1) is 12.3 Å². The van der Waals surface area contributed by atoms with Crippen LogP contribution in [0.2, 0.25) is 0 Å². The van der Waals surface area contributed by atoms with Crippen molar-refractivity contribution < 1.29 is 9.59 Å². The van der Waals surface area contributed by atoms with E-state index in [0.717, 1.165) is 23.2 Å². The second kappa shape index (κ2) is 5.51. The smallest absolute Gasteiger partial charge is 0.274 e. The van der Waals surface area contributed by atoms with Crippen molar-refractivity contribution in [3.8, 4) is 0 Å². The molecule has 122 valence electrons. The molecule has 0 bridgehead atoms. The van der Waals surface area contributed by atoms with Gasteiger partial charge in [0.1, 0.15) is 5.69 Å². The van der Waals surface area contributed by atoms with Gasteiger partial charge in [0.15, 0.2) is 5.78 Å². The van der Waals surface area contributed by atoms with E-state index in [-0.39, 0.29) is 17.1 Å². The Bertz CT molecular complexity index is 806. The van der Waals surface area contributed by atoms with Crippen molar-refractivity contribution in [3.63, 3.8) is 0 Å². The number of rotatable bonds is 1. The monoisotopic (exact) mass is 321 g/mol. The van der Waals surface area contributed by atoms with Gasteiger partial charge in [-0.25, -0.2) is 4.98 Å². The second-order valence-corrected chi connectivity index (χ2v) is 6.78. The molecule has 1 amide bonds. The van der Waals surface area contributed by atoms with Gasteiger partial charge in [0, 0.05) is 30.3 Å². The molecule has 2 aromatic rings. The molecule has 0 atom stereocenters. The molecule has 0 N–H and O–H groups in total. The predicted octanol–water partition coefficient (Wildman–Crippen LogP) is 2.45. The number of amides is 1. The number of aromatic nitrogens is 2. The molecule has 1 saturated heterocycles. The molecule has 2 heterocycles. The van der Waals surface area contributed by atoms with E-state index in [0.29, 0.717) is 31.6 Å². The normalized spacial score (nSPS) is 18.7. The Balaban J connectivity index is 1.49. The highest BCUT2D eigenvalue weighted by Crippen LogP contribution is 2.44. The van der Waals surface area contributed by atoms with Crippen molar-refractivity contribution in [2.24, 2.45) is 5.41 Å². The summed E-state index contributed by atoms with van der Waals surface area (Å²) >= 11 is 0. The van der Waals surface area contributed by atoms with Crippen molar-refractivity contribution in [2.45, 2.75) is 26.2 Å². The quantitative estimate of drug-likeness (QED) is 0.809. The van der Waals surface area contributed by atoms with Crippen LogP contribution in [0.1, 0.15) is 44.9 Å². The van der Waals surface area contributed by atoms with Crippen LogP contribution in [-0.4, -0.2) is 39.6 Å². The lowest BCUT2D eigenvalue weighted by atomic mass is 9.75. The first-order chi connectivity index (χ1) is 11.6. The number of ketones is 1. The minimum absolute atomic E-state index is 0.0969. The van der Waals surface area contributed by atoms with Gasteiger partial charge in [-0.05, 0) is 31.7 Å². The van der Waals surface area contributed by atoms with Crippen molar-refractivity contribution >= 4 is 11.7 Å². The van der Waals surface area contributed by atoms with Crippen molar-refractivity contribution in [1.29, 1.82) is 0 Å². The highest BCUT2D eigenvalue weighted by molar-refractivity contribution is 6.05. The topological polar surface area (TPSA) is 63.2 Å². The average molecular weight is 321 g/mol. The van der Waals surface area contributed by atoms with E-state index >= 15 is 0 Å². The molecule has 0 saturated carbocycles. The molecular weight excluding hydrogens is 302 g/mol. The number of carbonyl (C=O) groups is 2. The Kier molecular flexibility index (Phi) is 3.44. The van der Waals surface area contributed by atoms with Gasteiger partial charge in [-0.3, -0.25) is 14.6 Å². The van der Waals surface area contributed by atoms with Gasteiger partial charge >= 0.3 is 0 Å². The fourth-order valence-corrected chi connectivity index (χ4v) is 3.83. The number of hydrogen-bond donors (Lipinski definition) is 0. The van der Waals surface area contributed by atoms with Crippen LogP contribution in [0.25, 0.3) is 0 Å². The molecule has 1 aromatic carbocycles. The van der Waals surface area contributed by atoms with E-state index in [1.54, 1.807) is 11.1 Å². The number of Topliss-reactive ketones (excluding diaryl/α,β-unsaturated/α-hetero) is 1. The maximum absolute atomic E-state index is 12.8. The molecule has 4 rings (SSSR count). The molecule has 2 aliphatic rings. The number of hydrogen-bond acceptors (Lipinski definition) is 4. The van der Waals surface area contributed by atoms with Crippen LogP contribution < -0.4 is 0 Å². The molecule has 0 unspecified atom stereocenters. The Morgan fingerprint density at radius 3 is 2.54 bits per heavy atom. The summed E-state index contributed by atoms with van der Waals surface area (Å²) in [7, 11) is 0. The third-order valence-corrected chi connectivity index (χ3v) is 5.28. The SMILES string of the molecule is Cc1cnc(C(=O)N2CCC3(CC2)Cc2ccccc2C3=O)cn1. The van der Waals surface area contributed by atoms with E-state index in [2.05, 4.69) is 9.97 Å². The molecule has 5 heteroatoms. The van der Waals surface area contributed by atoms with Crippen LogP contribution in [0.4, 0.5) is 0 Å². The summed E-state index contributed by atoms with van der Waals surface area (Å²) in [6.45, 7) is 3.03. The number of piperidine rings is 1. The lowest BCUT2D eigenvalue weighted by molar-refractivity contribution is 0.0513. The number of carbonyl (C=O) groups excluding carboxylic acids is 2. The Morgan fingerprint density at radius 2 is 1.88 bits per heavy atom. The summed E-state index contributed by atoms with van der Waals surface area (Å²) in [5.74, 6) is 0.153. The molecule has 1 aliphatic heterocycles. The molecular formula is C19H19N3O2. The lowest BCUT2D eigenvalue weighted by Gasteiger charge is -2.38. The zero-order valence-corrected chi connectivity index (χ0v) is 13.7. The Morgan fingerprint density at radius 1 is 1.12 bits per heavy atom. The van der Waals surface area contributed by atoms with E-state index in [1.807, 2.05) is 31.2 Å². The van der Waals surface area contributed by atoms with Crippen LogP contribution in [-0.2, 0) is 6.42 Å². The van der Waals surface area contributed by atoms with E-state index in [9.17, 15) is 9.59 Å². The maximum Gasteiger partial charge on any atom is 0.274 e. The summed E-state index contributed by atoms with van der Waals surface area (Å²) in [6.07, 6.45) is 5.36. The predicted molar refractivity (Wildman–Crippen MR) is 88.8 cm³/mol. The third-order valence-electron chi connectivity index (χ3n) is 5.28. The Hall–Kier alpha value is -2.56. The van der Waals surface area contributed by atoms with Crippen molar-refractivity contribution in [3.05, 3.63) is 59.2 Å². The number of aryl methyl sites for hydroxylation is 1. The largest absolute Gasteiger partial charge is 0.337 e. The third kappa shape index (κ3) is 2.31. The summed E-state index contributed by atoms with van der Waals surface area (Å²) < 4.78 is 0. The lowest BCUT2D eigenvalue weighted by Crippen LogP contribution is -2.45. The maximum atomic E-state index is 12.8. The summed E-state index contributed by atoms with van der Waals surface area (Å²) in [4.78, 5) is 35.5. The van der Waals surface area contributed by atoms with Gasteiger partial charge in [-0.15, -0.1) is 0 Å². The summed E-state index contributed by atoms with van der Waals surface area (Å²) in [5, 5.41) is 0. The van der Waals surface area contributed by atoms with E-state index in [1.165, 1.54) is 6.20 Å². The van der Waals surface area contributed by atoms with Gasteiger partial charge in [-0.2, -0.15) is 0 Å². The molecule has 1 fully saturated rings. The fourth-order valence-electron chi connectivity index (χ4n) is 3.83. The molecule has 1 spiro atoms. The number of fused-ring (bicyclic) bond motifs is 1. The molecule has 5 nitrogen and oxygen atoms in total.